The Morgan fingerprint density at radius 2 is 1.32 bits per heavy atom. The van der Waals surface area contributed by atoms with Gasteiger partial charge in [-0.3, -0.25) is 0 Å². The van der Waals surface area contributed by atoms with Crippen LogP contribution in [0.15, 0.2) is 0 Å². The maximum absolute atomic E-state index is 6.15. The van der Waals surface area contributed by atoms with Crippen LogP contribution in [0, 0.1) is 5.92 Å². The van der Waals surface area contributed by atoms with Gasteiger partial charge in [-0.15, -0.1) is 0 Å². The smallest absolute Gasteiger partial charge is 0.0606 e. The van der Waals surface area contributed by atoms with Crippen LogP contribution in [0.1, 0.15) is 67.2 Å². The van der Waals surface area contributed by atoms with Gasteiger partial charge in [0.15, 0.2) is 0 Å². The van der Waals surface area contributed by atoms with Gasteiger partial charge >= 0.3 is 0 Å². The molecule has 0 spiro atoms. The van der Waals surface area contributed by atoms with Gasteiger partial charge in [-0.1, -0.05) is 0 Å². The van der Waals surface area contributed by atoms with E-state index in [0.29, 0.717) is 6.10 Å². The van der Waals surface area contributed by atoms with Gasteiger partial charge in [0.2, 0.25) is 0 Å². The Balaban J connectivity index is 1.58. The van der Waals surface area contributed by atoms with E-state index >= 15 is 0 Å². The number of nitrogens with zero attached hydrogens (tertiary/aromatic N) is 2. The van der Waals surface area contributed by atoms with Crippen LogP contribution in [-0.4, -0.2) is 73.0 Å². The Morgan fingerprint density at radius 1 is 0.760 bits per heavy atom. The fourth-order valence-electron chi connectivity index (χ4n) is 3.95. The minimum absolute atomic E-state index is 0.00360. The zero-order chi connectivity index (χ0) is 18.5. The third-order valence-corrected chi connectivity index (χ3v) is 5.22. The SMILES string of the molecule is CC(C)(C)OCCN1CCC(CN2CCC(OC(C)(C)C)CC2)CC1. The normalized spacial score (nSPS) is 23.3. The van der Waals surface area contributed by atoms with Gasteiger partial charge < -0.3 is 19.3 Å². The van der Waals surface area contributed by atoms with Crippen molar-refractivity contribution in [1.29, 1.82) is 0 Å². The van der Waals surface area contributed by atoms with Gasteiger partial charge in [0.1, 0.15) is 0 Å². The molecule has 2 saturated heterocycles. The molecule has 0 radical (unpaired) electrons. The molecule has 25 heavy (non-hydrogen) atoms. The first-order chi connectivity index (χ1) is 11.6. The van der Waals surface area contributed by atoms with E-state index < -0.39 is 0 Å². The zero-order valence-electron chi connectivity index (χ0n) is 17.6. The van der Waals surface area contributed by atoms with Crippen LogP contribution < -0.4 is 0 Å². The first-order valence-corrected chi connectivity index (χ1v) is 10.4. The molecule has 2 aliphatic rings. The fraction of sp³-hybridized carbons (Fsp3) is 1.00. The summed E-state index contributed by atoms with van der Waals surface area (Å²) in [5, 5.41) is 0. The highest BCUT2D eigenvalue weighted by molar-refractivity contribution is 4.80. The number of rotatable bonds is 6. The summed E-state index contributed by atoms with van der Waals surface area (Å²) in [4.78, 5) is 5.25. The van der Waals surface area contributed by atoms with Crippen LogP contribution in [0.3, 0.4) is 0 Å². The zero-order valence-corrected chi connectivity index (χ0v) is 17.6. The van der Waals surface area contributed by atoms with Gasteiger partial charge in [-0.2, -0.15) is 0 Å². The highest BCUT2D eigenvalue weighted by atomic mass is 16.5. The van der Waals surface area contributed by atoms with Crippen molar-refractivity contribution >= 4 is 0 Å². The second-order valence-corrected chi connectivity index (χ2v) is 9.98. The van der Waals surface area contributed by atoms with Crippen LogP contribution in [0.5, 0.6) is 0 Å². The minimum atomic E-state index is -0.0128. The summed E-state index contributed by atoms with van der Waals surface area (Å²) in [6.45, 7) is 21.0. The predicted octanol–water partition coefficient (Wildman–Crippen LogP) is 3.79. The Hall–Kier alpha value is -0.160. The molecule has 0 aromatic carbocycles. The van der Waals surface area contributed by atoms with E-state index in [1.807, 2.05) is 0 Å². The van der Waals surface area contributed by atoms with Gasteiger partial charge in [-0.25, -0.2) is 0 Å². The molecular weight excluding hydrogens is 312 g/mol. The molecule has 0 aromatic rings. The van der Waals surface area contributed by atoms with E-state index in [-0.39, 0.29) is 11.2 Å². The number of hydrogen-bond acceptors (Lipinski definition) is 4. The Bertz CT molecular complexity index is 370. The van der Waals surface area contributed by atoms with E-state index in [1.54, 1.807) is 0 Å². The number of ether oxygens (including phenoxy) is 2. The van der Waals surface area contributed by atoms with E-state index in [2.05, 4.69) is 51.3 Å². The van der Waals surface area contributed by atoms with Crippen LogP contribution >= 0.6 is 0 Å². The molecule has 0 unspecified atom stereocenters. The quantitative estimate of drug-likeness (QED) is 0.724. The van der Waals surface area contributed by atoms with Crippen molar-refractivity contribution in [3.05, 3.63) is 0 Å². The van der Waals surface area contributed by atoms with Crippen molar-refractivity contribution in [2.24, 2.45) is 5.92 Å². The molecule has 0 aliphatic carbocycles. The van der Waals surface area contributed by atoms with Crippen molar-refractivity contribution in [3.8, 4) is 0 Å². The van der Waals surface area contributed by atoms with Gasteiger partial charge in [0, 0.05) is 26.2 Å². The van der Waals surface area contributed by atoms with Gasteiger partial charge in [0.05, 0.1) is 23.9 Å². The number of piperidine rings is 2. The molecule has 0 N–H and O–H groups in total. The van der Waals surface area contributed by atoms with Crippen LogP contribution in [-0.2, 0) is 9.47 Å². The fourth-order valence-corrected chi connectivity index (χ4v) is 3.95. The molecule has 0 saturated carbocycles. The van der Waals surface area contributed by atoms with Gasteiger partial charge in [0.25, 0.3) is 0 Å². The maximum Gasteiger partial charge on any atom is 0.0606 e. The summed E-state index contributed by atoms with van der Waals surface area (Å²) in [6.07, 6.45) is 5.53. The molecule has 0 bridgehead atoms. The van der Waals surface area contributed by atoms with Crippen molar-refractivity contribution in [2.75, 3.05) is 45.9 Å². The average Bonchev–Trinajstić information content (AvgIpc) is 2.48. The standard InChI is InChI=1S/C21H42N2O2/c1-20(2,3)24-16-15-22-11-7-18(8-12-22)17-23-13-9-19(10-14-23)25-21(4,5)6/h18-19H,7-17H2,1-6H3. The third-order valence-electron chi connectivity index (χ3n) is 5.22. The monoisotopic (exact) mass is 354 g/mol. The topological polar surface area (TPSA) is 24.9 Å². The van der Waals surface area contributed by atoms with Crippen LogP contribution in [0.25, 0.3) is 0 Å². The molecule has 2 rings (SSSR count). The molecule has 4 nitrogen and oxygen atoms in total. The van der Waals surface area contributed by atoms with Gasteiger partial charge in [-0.05, 0) is 86.2 Å². The van der Waals surface area contributed by atoms with E-state index in [1.165, 1.54) is 58.4 Å². The lowest BCUT2D eigenvalue weighted by molar-refractivity contribution is -0.0834. The highest BCUT2D eigenvalue weighted by Gasteiger charge is 2.27. The molecule has 4 heteroatoms. The van der Waals surface area contributed by atoms with Crippen molar-refractivity contribution < 1.29 is 9.47 Å². The van der Waals surface area contributed by atoms with E-state index in [9.17, 15) is 0 Å². The van der Waals surface area contributed by atoms with Crippen LogP contribution in [0.2, 0.25) is 0 Å². The summed E-state index contributed by atoms with van der Waals surface area (Å²) in [6, 6.07) is 0. The Labute approximate surface area is 156 Å². The summed E-state index contributed by atoms with van der Waals surface area (Å²) in [5.41, 5.74) is -0.0164. The average molecular weight is 355 g/mol. The van der Waals surface area contributed by atoms with Crippen LogP contribution in [0.4, 0.5) is 0 Å². The molecule has 0 aromatic heterocycles. The number of likely N-dealkylation sites (tertiary alicyclic amines) is 2. The Morgan fingerprint density at radius 3 is 1.84 bits per heavy atom. The summed E-state index contributed by atoms with van der Waals surface area (Å²) in [7, 11) is 0. The minimum Gasteiger partial charge on any atom is -0.375 e. The van der Waals surface area contributed by atoms with Crippen molar-refractivity contribution in [3.63, 3.8) is 0 Å². The second kappa shape index (κ2) is 9.16. The largest absolute Gasteiger partial charge is 0.375 e. The molecular formula is C21H42N2O2. The van der Waals surface area contributed by atoms with Crippen molar-refractivity contribution in [1.82, 2.24) is 9.80 Å². The maximum atomic E-state index is 6.15. The molecule has 148 valence electrons. The van der Waals surface area contributed by atoms with Crippen molar-refractivity contribution in [2.45, 2.75) is 84.5 Å². The molecule has 2 heterocycles. The number of hydrogen-bond donors (Lipinski definition) is 0. The van der Waals surface area contributed by atoms with E-state index in [0.717, 1.165) is 19.1 Å². The summed E-state index contributed by atoms with van der Waals surface area (Å²) in [5.74, 6) is 0.875. The highest BCUT2D eigenvalue weighted by Crippen LogP contribution is 2.23. The first kappa shape index (κ1) is 21.1. The molecule has 0 amide bonds. The second-order valence-electron chi connectivity index (χ2n) is 9.98. The molecule has 2 aliphatic heterocycles. The lowest BCUT2D eigenvalue weighted by Gasteiger charge is -2.39. The third kappa shape index (κ3) is 8.85. The molecule has 0 atom stereocenters. The Kier molecular flexibility index (Phi) is 7.75. The summed E-state index contributed by atoms with van der Waals surface area (Å²) >= 11 is 0. The lowest BCUT2D eigenvalue weighted by Crippen LogP contribution is -2.44. The lowest BCUT2D eigenvalue weighted by atomic mass is 9.95. The predicted molar refractivity (Wildman–Crippen MR) is 105 cm³/mol. The first-order valence-electron chi connectivity index (χ1n) is 10.4. The molecule has 2 fully saturated rings. The summed E-state index contributed by atoms with van der Waals surface area (Å²) < 4.78 is 12.0. The van der Waals surface area contributed by atoms with E-state index in [4.69, 9.17) is 9.47 Å².